The van der Waals surface area contributed by atoms with E-state index in [0.29, 0.717) is 18.6 Å². The lowest BCUT2D eigenvalue weighted by Crippen LogP contribution is -2.44. The van der Waals surface area contributed by atoms with E-state index < -0.39 is 22.2 Å². The molecule has 9 heteroatoms. The molecule has 258 valence electrons. The predicted octanol–water partition coefficient (Wildman–Crippen LogP) is 9.54. The van der Waals surface area contributed by atoms with E-state index >= 15 is 0 Å². The highest BCUT2D eigenvalue weighted by molar-refractivity contribution is 6.76. The highest BCUT2D eigenvalue weighted by Gasteiger charge is 2.43. The van der Waals surface area contributed by atoms with Crippen LogP contribution in [0.1, 0.15) is 83.3 Å². The van der Waals surface area contributed by atoms with Crippen molar-refractivity contribution in [1.29, 1.82) is 0 Å². The number of ether oxygens (including phenoxy) is 3. The number of hydrogen-bond donors (Lipinski definition) is 0. The van der Waals surface area contributed by atoms with Gasteiger partial charge in [0.05, 0.1) is 41.7 Å². The minimum Gasteiger partial charge on any atom is -0.462 e. The van der Waals surface area contributed by atoms with Crippen molar-refractivity contribution in [2.45, 2.75) is 137 Å². The molecule has 5 atom stereocenters. The van der Waals surface area contributed by atoms with Gasteiger partial charge in [0.2, 0.25) is 0 Å². The van der Waals surface area contributed by atoms with Crippen molar-refractivity contribution >= 4 is 39.5 Å². The Morgan fingerprint density at radius 2 is 1.76 bits per heavy atom. The molecule has 2 heterocycles. The molecule has 1 aromatic heterocycles. The van der Waals surface area contributed by atoms with Crippen molar-refractivity contribution < 1.29 is 23.4 Å². The third-order valence-electron chi connectivity index (χ3n) is 9.68. The van der Waals surface area contributed by atoms with Gasteiger partial charge in [0.25, 0.3) is 0 Å². The Labute approximate surface area is 281 Å². The van der Waals surface area contributed by atoms with Crippen molar-refractivity contribution in [2.24, 2.45) is 18.9 Å². The van der Waals surface area contributed by atoms with E-state index in [1.165, 1.54) is 0 Å². The molecule has 1 fully saturated rings. The zero-order valence-corrected chi connectivity index (χ0v) is 33.4. The summed E-state index contributed by atoms with van der Waals surface area (Å²) in [6.07, 6.45) is 11.0. The van der Waals surface area contributed by atoms with E-state index in [-0.39, 0.29) is 41.2 Å². The fraction of sp³-hybridized carbons (Fsp3) is 0.676. The van der Waals surface area contributed by atoms with Gasteiger partial charge in [-0.15, -0.1) is 0 Å². The van der Waals surface area contributed by atoms with Crippen LogP contribution in [-0.4, -0.2) is 62.6 Å². The van der Waals surface area contributed by atoms with Crippen LogP contribution in [0.5, 0.6) is 0 Å². The molecule has 46 heavy (non-hydrogen) atoms. The molecular formula is C37H62N2O5Si2. The molecule has 0 spiro atoms. The molecule has 2 aromatic rings. The quantitative estimate of drug-likeness (QED) is 0.120. The predicted molar refractivity (Wildman–Crippen MR) is 197 cm³/mol. The third kappa shape index (κ3) is 9.75. The van der Waals surface area contributed by atoms with Gasteiger partial charge in [-0.2, -0.15) is 0 Å². The molecule has 0 N–H and O–H groups in total. The van der Waals surface area contributed by atoms with Gasteiger partial charge in [-0.1, -0.05) is 78.6 Å². The van der Waals surface area contributed by atoms with Gasteiger partial charge in [-0.05, 0) is 75.8 Å². The maximum Gasteiger partial charge on any atom is 0.339 e. The monoisotopic (exact) mass is 670 g/mol. The van der Waals surface area contributed by atoms with Gasteiger partial charge in [-0.3, -0.25) is 0 Å². The molecule has 0 radical (unpaired) electrons. The molecule has 0 saturated carbocycles. The van der Waals surface area contributed by atoms with Gasteiger partial charge < -0.3 is 23.2 Å². The summed E-state index contributed by atoms with van der Waals surface area (Å²) in [7, 11) is -1.21. The largest absolute Gasteiger partial charge is 0.462 e. The Balaban J connectivity index is 1.80. The normalized spacial score (nSPS) is 21.4. The van der Waals surface area contributed by atoms with Crippen LogP contribution in [0.3, 0.4) is 0 Å². The van der Waals surface area contributed by atoms with E-state index in [4.69, 9.17) is 18.6 Å². The number of benzene rings is 1. The highest BCUT2D eigenvalue weighted by Crippen LogP contribution is 2.39. The maximum atomic E-state index is 13.4. The summed E-state index contributed by atoms with van der Waals surface area (Å²) in [5, 5.41) is 0.175. The van der Waals surface area contributed by atoms with Crippen molar-refractivity contribution in [3.8, 4) is 0 Å². The zero-order valence-electron chi connectivity index (χ0n) is 31.4. The average Bonchev–Trinajstić information content (AvgIpc) is 3.43. The summed E-state index contributed by atoms with van der Waals surface area (Å²) in [4.78, 5) is 18.1. The first-order valence-electron chi connectivity index (χ1n) is 17.0. The first-order chi connectivity index (χ1) is 21.0. The van der Waals surface area contributed by atoms with Crippen LogP contribution in [-0.2, 0) is 25.7 Å². The molecule has 0 aliphatic carbocycles. The lowest BCUT2D eigenvalue weighted by atomic mass is 9.94. The fourth-order valence-corrected chi connectivity index (χ4v) is 7.77. The standard InChI is InChI=1S/C37H62N2O5Si2/c1-25(28(4)44-46(14,15)36(5,6)7)19-20-26(2)34-31(42-37(8,9)43-34)18-16-17-29-32(35(40)41-21-22-45(11,12)13)27(3)23-30-33(29)38-24-39(30)10/h16-17,19-20,23-26,28,31,34H,18,21-22H2,1-15H3/b17-16+,20-19-/t25-,26?,28+,31+,34-/m1/s1. The number of carbonyl (C=O) groups is 1. The molecule has 1 aliphatic rings. The Bertz CT molecular complexity index is 1410. The minimum absolute atomic E-state index is 0.113. The number of esters is 1. The Hall–Kier alpha value is -2.05. The van der Waals surface area contributed by atoms with Crippen molar-refractivity contribution in [2.75, 3.05) is 6.61 Å². The molecule has 1 saturated heterocycles. The van der Waals surface area contributed by atoms with Crippen molar-refractivity contribution in [3.05, 3.63) is 47.3 Å². The van der Waals surface area contributed by atoms with Crippen LogP contribution in [0.15, 0.2) is 30.6 Å². The van der Waals surface area contributed by atoms with E-state index in [2.05, 4.69) is 97.5 Å². The Kier molecular flexibility index (Phi) is 12.2. The molecular weight excluding hydrogens is 609 g/mol. The molecule has 1 aliphatic heterocycles. The second-order valence-electron chi connectivity index (χ2n) is 16.6. The van der Waals surface area contributed by atoms with Gasteiger partial charge in [-0.25, -0.2) is 9.78 Å². The van der Waals surface area contributed by atoms with Gasteiger partial charge in [0.15, 0.2) is 14.1 Å². The lowest BCUT2D eigenvalue weighted by molar-refractivity contribution is -0.148. The zero-order chi connectivity index (χ0) is 34.8. The number of rotatable bonds is 13. The smallest absolute Gasteiger partial charge is 0.339 e. The second kappa shape index (κ2) is 14.6. The Morgan fingerprint density at radius 1 is 1.11 bits per heavy atom. The maximum absolute atomic E-state index is 13.4. The minimum atomic E-state index is -1.85. The first kappa shape index (κ1) is 38.4. The molecule has 0 amide bonds. The second-order valence-corrected chi connectivity index (χ2v) is 27.0. The van der Waals surface area contributed by atoms with E-state index in [0.717, 1.165) is 28.2 Å². The fourth-order valence-electron chi connectivity index (χ4n) is 5.56. The van der Waals surface area contributed by atoms with Crippen molar-refractivity contribution in [1.82, 2.24) is 9.55 Å². The number of carbonyl (C=O) groups excluding carboxylic acids is 1. The number of aryl methyl sites for hydroxylation is 2. The van der Waals surface area contributed by atoms with Gasteiger partial charge in [0.1, 0.15) is 0 Å². The number of hydrogen-bond acceptors (Lipinski definition) is 6. The van der Waals surface area contributed by atoms with Gasteiger partial charge >= 0.3 is 5.97 Å². The lowest BCUT2D eigenvalue weighted by Gasteiger charge is -2.39. The van der Waals surface area contributed by atoms with Gasteiger partial charge in [0, 0.05) is 32.7 Å². The van der Waals surface area contributed by atoms with Crippen LogP contribution in [0.2, 0.25) is 43.8 Å². The number of nitrogens with zero attached hydrogens (tertiary/aromatic N) is 2. The molecule has 3 rings (SSSR count). The van der Waals surface area contributed by atoms with Crippen LogP contribution >= 0.6 is 0 Å². The highest BCUT2D eigenvalue weighted by atomic mass is 28.4. The third-order valence-corrected chi connectivity index (χ3v) is 16.0. The summed E-state index contributed by atoms with van der Waals surface area (Å²) in [5.74, 6) is -0.558. The van der Waals surface area contributed by atoms with Crippen LogP contribution in [0.25, 0.3) is 17.1 Å². The van der Waals surface area contributed by atoms with E-state index in [9.17, 15) is 4.79 Å². The summed E-state index contributed by atoms with van der Waals surface area (Å²) in [5.41, 5.74) is 4.03. The summed E-state index contributed by atoms with van der Waals surface area (Å²) in [6, 6.07) is 2.95. The summed E-state index contributed by atoms with van der Waals surface area (Å²) >= 11 is 0. The summed E-state index contributed by atoms with van der Waals surface area (Å²) < 4.78 is 27.3. The first-order valence-corrected chi connectivity index (χ1v) is 23.6. The van der Waals surface area contributed by atoms with E-state index in [1.807, 2.05) is 44.5 Å². The number of imidazole rings is 1. The van der Waals surface area contributed by atoms with E-state index in [1.54, 1.807) is 6.33 Å². The van der Waals surface area contributed by atoms with Crippen molar-refractivity contribution in [3.63, 3.8) is 0 Å². The number of fused-ring (bicyclic) bond motifs is 1. The Morgan fingerprint density at radius 3 is 2.37 bits per heavy atom. The molecule has 0 bridgehead atoms. The molecule has 1 aromatic carbocycles. The number of aromatic nitrogens is 2. The topological polar surface area (TPSA) is 71.8 Å². The summed E-state index contributed by atoms with van der Waals surface area (Å²) in [6.45, 7) is 31.3. The molecule has 7 nitrogen and oxygen atoms in total. The SMILES string of the molecule is Cc1cc2c(ncn2C)c(/C=C/C[C@@H]2OC(C)(C)O[C@@H]2C(C)/C=C\[C@@H](C)[C@H](C)O[Si](C)(C)C(C)(C)C)c1C(=O)OCC[Si](C)(C)C. The van der Waals surface area contributed by atoms with Crippen LogP contribution in [0, 0.1) is 18.8 Å². The van der Waals surface area contributed by atoms with Crippen LogP contribution in [0.4, 0.5) is 0 Å². The molecule has 1 unspecified atom stereocenters. The van der Waals surface area contributed by atoms with Crippen LogP contribution < -0.4 is 0 Å². The average molecular weight is 671 g/mol.